The van der Waals surface area contributed by atoms with Crippen LogP contribution in [0.25, 0.3) is 11.1 Å². The molecule has 3 atom stereocenters. The molecule has 1 aromatic heterocycles. The maximum atomic E-state index is 14.7. The third kappa shape index (κ3) is 4.36. The number of rotatable bonds is 7. The van der Waals surface area contributed by atoms with E-state index in [9.17, 15) is 17.2 Å². The van der Waals surface area contributed by atoms with Gasteiger partial charge in [0, 0.05) is 49.8 Å². The summed E-state index contributed by atoms with van der Waals surface area (Å²) < 4.78 is 58.4. The van der Waals surface area contributed by atoms with Gasteiger partial charge in [-0.15, -0.1) is 0 Å². The molecule has 1 saturated carbocycles. The van der Waals surface area contributed by atoms with Crippen LogP contribution in [0.3, 0.4) is 0 Å². The lowest BCUT2D eigenvalue weighted by molar-refractivity contribution is 0.280. The van der Waals surface area contributed by atoms with Gasteiger partial charge >= 0.3 is 0 Å². The first-order valence-corrected chi connectivity index (χ1v) is 13.1. The van der Waals surface area contributed by atoms with Gasteiger partial charge in [0.1, 0.15) is 17.4 Å². The van der Waals surface area contributed by atoms with E-state index in [2.05, 4.69) is 21.8 Å². The van der Waals surface area contributed by atoms with Crippen LogP contribution in [0.5, 0.6) is 5.75 Å². The first-order chi connectivity index (χ1) is 16.2. The molecule has 2 aliphatic rings. The second-order valence-corrected chi connectivity index (χ2v) is 11.0. The number of anilines is 1. The van der Waals surface area contributed by atoms with Crippen LogP contribution in [0.1, 0.15) is 12.5 Å². The zero-order valence-electron chi connectivity index (χ0n) is 18.9. The molecule has 2 unspecified atom stereocenters. The molecule has 1 saturated heterocycles. The minimum Gasteiger partial charge on any atom is -0.493 e. The van der Waals surface area contributed by atoms with E-state index >= 15 is 0 Å². The van der Waals surface area contributed by atoms with Crippen LogP contribution in [0.2, 0.25) is 0 Å². The number of benzene rings is 2. The molecule has 9 heteroatoms. The van der Waals surface area contributed by atoms with Gasteiger partial charge < -0.3 is 9.64 Å². The summed E-state index contributed by atoms with van der Waals surface area (Å²) in [5.41, 5.74) is 1.16. The molecule has 1 aliphatic heterocycles. The van der Waals surface area contributed by atoms with Gasteiger partial charge in [0.2, 0.25) is 5.95 Å². The molecule has 1 aliphatic carbocycles. The van der Waals surface area contributed by atoms with E-state index in [0.717, 1.165) is 37.3 Å². The molecule has 0 radical (unpaired) electrons. The van der Waals surface area contributed by atoms with Crippen LogP contribution >= 0.6 is 0 Å². The summed E-state index contributed by atoms with van der Waals surface area (Å²) in [6, 6.07) is 7.83. The van der Waals surface area contributed by atoms with Gasteiger partial charge in [-0.1, -0.05) is 19.1 Å². The highest BCUT2D eigenvalue weighted by molar-refractivity contribution is 7.90. The molecule has 2 fully saturated rings. The van der Waals surface area contributed by atoms with Gasteiger partial charge in [-0.2, -0.15) is 0 Å². The number of sulfone groups is 1. The highest BCUT2D eigenvalue weighted by Gasteiger charge is 2.56. The van der Waals surface area contributed by atoms with E-state index in [-0.39, 0.29) is 21.8 Å². The number of aromatic nitrogens is 2. The molecule has 2 aromatic carbocycles. The monoisotopic (exact) mass is 485 g/mol. The predicted octanol–water partition coefficient (Wildman–Crippen LogP) is 4.15. The van der Waals surface area contributed by atoms with Crippen molar-refractivity contribution < 1.29 is 21.9 Å². The van der Waals surface area contributed by atoms with Crippen molar-refractivity contribution in [3.05, 3.63) is 66.0 Å². The molecule has 178 valence electrons. The van der Waals surface area contributed by atoms with Gasteiger partial charge in [0.05, 0.1) is 17.1 Å². The minimum atomic E-state index is -3.38. The van der Waals surface area contributed by atoms with Crippen LogP contribution < -0.4 is 9.64 Å². The van der Waals surface area contributed by atoms with Crippen LogP contribution in [0.15, 0.2) is 53.7 Å². The molecular weight excluding hydrogens is 460 g/mol. The van der Waals surface area contributed by atoms with E-state index in [1.807, 2.05) is 12.4 Å². The Bertz CT molecular complexity index is 1280. The predicted molar refractivity (Wildman–Crippen MR) is 124 cm³/mol. The molecule has 6 nitrogen and oxygen atoms in total. The van der Waals surface area contributed by atoms with Crippen molar-refractivity contribution in [1.29, 1.82) is 0 Å². The molecule has 0 amide bonds. The van der Waals surface area contributed by atoms with E-state index < -0.39 is 21.5 Å². The van der Waals surface area contributed by atoms with Crippen molar-refractivity contribution in [1.82, 2.24) is 9.97 Å². The Balaban J connectivity index is 1.20. The fraction of sp³-hybridized carbons (Fsp3) is 0.360. The largest absolute Gasteiger partial charge is 0.493 e. The Kier molecular flexibility index (Phi) is 5.75. The maximum Gasteiger partial charge on any atom is 0.225 e. The highest BCUT2D eigenvalue weighted by atomic mass is 32.2. The summed E-state index contributed by atoms with van der Waals surface area (Å²) in [4.78, 5) is 11.2. The molecule has 0 spiro atoms. The van der Waals surface area contributed by atoms with E-state index in [0.29, 0.717) is 24.4 Å². The van der Waals surface area contributed by atoms with Crippen molar-refractivity contribution in [2.24, 2.45) is 17.8 Å². The number of piperidine rings is 1. The lowest BCUT2D eigenvalue weighted by Crippen LogP contribution is -2.27. The van der Waals surface area contributed by atoms with E-state index in [1.165, 1.54) is 36.4 Å². The van der Waals surface area contributed by atoms with Gasteiger partial charge in [-0.25, -0.2) is 27.2 Å². The van der Waals surface area contributed by atoms with Crippen LogP contribution in [0.4, 0.5) is 14.7 Å². The smallest absolute Gasteiger partial charge is 0.225 e. The molecule has 2 heterocycles. The standard InChI is InChI=1S/C25H25F2N3O3S/c1-3-15-10-28-25(29-11-15)30-12-19-20(13-30)21(19)14-33-17-8-22(26)24(23(27)9-17)16-4-6-18(7-5-16)34(2,31)32/h4-11,19-21H,3,12-14H2,1-2H3/t19-,20?,21?/m1/s1. The summed E-state index contributed by atoms with van der Waals surface area (Å²) in [7, 11) is -3.38. The molecule has 3 aromatic rings. The van der Waals surface area contributed by atoms with Gasteiger partial charge in [-0.05, 0) is 41.5 Å². The lowest BCUT2D eigenvalue weighted by Gasteiger charge is -2.20. The molecule has 0 N–H and O–H groups in total. The van der Waals surface area contributed by atoms with Gasteiger partial charge in [0.25, 0.3) is 0 Å². The topological polar surface area (TPSA) is 72.4 Å². The average molecular weight is 486 g/mol. The number of halogens is 2. The summed E-state index contributed by atoms with van der Waals surface area (Å²) in [6.45, 7) is 4.18. The number of aryl methyl sites for hydroxylation is 1. The van der Waals surface area contributed by atoms with Crippen molar-refractivity contribution in [2.45, 2.75) is 18.2 Å². The number of nitrogens with zero attached hydrogens (tertiary/aromatic N) is 3. The third-order valence-corrected chi connectivity index (χ3v) is 7.91. The quantitative estimate of drug-likeness (QED) is 0.501. The Morgan fingerprint density at radius 3 is 2.15 bits per heavy atom. The van der Waals surface area contributed by atoms with Gasteiger partial charge in [-0.3, -0.25) is 0 Å². The number of fused-ring (bicyclic) bond motifs is 1. The maximum absolute atomic E-state index is 14.7. The average Bonchev–Trinajstić information content (AvgIpc) is 3.25. The molecule has 0 bridgehead atoms. The molecule has 34 heavy (non-hydrogen) atoms. The first kappa shape index (κ1) is 22.7. The van der Waals surface area contributed by atoms with Gasteiger partial charge in [0.15, 0.2) is 9.84 Å². The summed E-state index contributed by atoms with van der Waals surface area (Å²) in [5.74, 6) is 0.670. The van der Waals surface area contributed by atoms with Crippen LogP contribution in [-0.2, 0) is 16.3 Å². The number of hydrogen-bond donors (Lipinski definition) is 0. The Morgan fingerprint density at radius 2 is 1.62 bits per heavy atom. The van der Waals surface area contributed by atoms with Crippen molar-refractivity contribution in [3.8, 4) is 16.9 Å². The normalized spacial score (nSPS) is 21.4. The zero-order valence-corrected chi connectivity index (χ0v) is 19.7. The Labute approximate surface area is 197 Å². The van der Waals surface area contributed by atoms with Crippen molar-refractivity contribution in [2.75, 3.05) is 30.9 Å². The second kappa shape index (κ2) is 8.61. The Morgan fingerprint density at radius 1 is 1.03 bits per heavy atom. The summed E-state index contributed by atoms with van der Waals surface area (Å²) in [5, 5.41) is 0. The fourth-order valence-corrected chi connectivity index (χ4v) is 5.35. The zero-order chi connectivity index (χ0) is 24.0. The van der Waals surface area contributed by atoms with Crippen LogP contribution in [0, 0.1) is 29.4 Å². The fourth-order valence-electron chi connectivity index (χ4n) is 4.72. The van der Waals surface area contributed by atoms with Crippen molar-refractivity contribution in [3.63, 3.8) is 0 Å². The van der Waals surface area contributed by atoms with Crippen molar-refractivity contribution >= 4 is 15.8 Å². The van der Waals surface area contributed by atoms with Crippen LogP contribution in [-0.4, -0.2) is 44.3 Å². The SMILES string of the molecule is CCc1cnc(N2CC3C(COc4cc(F)c(-c5ccc(S(C)(=O)=O)cc5)c(F)c4)[C@@H]3C2)nc1. The Hall–Kier alpha value is -3.07. The number of hydrogen-bond acceptors (Lipinski definition) is 6. The molecule has 5 rings (SSSR count). The van der Waals surface area contributed by atoms with E-state index in [4.69, 9.17) is 4.74 Å². The third-order valence-electron chi connectivity index (χ3n) is 6.78. The first-order valence-electron chi connectivity index (χ1n) is 11.2. The highest BCUT2D eigenvalue weighted by Crippen LogP contribution is 2.52. The minimum absolute atomic E-state index is 0.0927. The second-order valence-electron chi connectivity index (χ2n) is 9.01. The lowest BCUT2D eigenvalue weighted by atomic mass is 10.0. The number of ether oxygens (including phenoxy) is 1. The summed E-state index contributed by atoms with van der Waals surface area (Å²) >= 11 is 0. The molecular formula is C25H25F2N3O3S. The van der Waals surface area contributed by atoms with E-state index in [1.54, 1.807) is 0 Å². The summed E-state index contributed by atoms with van der Waals surface area (Å²) in [6.07, 6.45) is 5.71.